The Labute approximate surface area is 70.1 Å². The van der Waals surface area contributed by atoms with Gasteiger partial charge in [0.15, 0.2) is 0 Å². The van der Waals surface area contributed by atoms with Crippen LogP contribution in [0, 0.1) is 0 Å². The molecule has 0 saturated heterocycles. The monoisotopic (exact) mass is 168 g/mol. The van der Waals surface area contributed by atoms with E-state index < -0.39 is 0 Å². The predicted octanol–water partition coefficient (Wildman–Crippen LogP) is 0.692. The van der Waals surface area contributed by atoms with E-state index in [9.17, 15) is 4.79 Å². The van der Waals surface area contributed by atoms with Gasteiger partial charge in [-0.15, -0.1) is 0 Å². The summed E-state index contributed by atoms with van der Waals surface area (Å²) in [6.45, 7) is 5.76. The molecule has 1 N–H and O–H groups in total. The maximum absolute atomic E-state index is 11.1. The van der Waals surface area contributed by atoms with E-state index in [0.717, 1.165) is 24.3 Å². The van der Waals surface area contributed by atoms with Crippen molar-refractivity contribution < 1.29 is 4.52 Å². The van der Waals surface area contributed by atoms with E-state index in [0.29, 0.717) is 6.04 Å². The molecule has 0 bridgehead atoms. The Morgan fingerprint density at radius 1 is 1.50 bits per heavy atom. The summed E-state index contributed by atoms with van der Waals surface area (Å²) in [6.07, 6.45) is 0. The Bertz CT molecular complexity index is 337. The second-order valence-corrected chi connectivity index (χ2v) is 3.45. The van der Waals surface area contributed by atoms with Crippen LogP contribution in [0.5, 0.6) is 0 Å². The highest BCUT2D eigenvalue weighted by atomic mass is 16.5. The second-order valence-electron chi connectivity index (χ2n) is 3.45. The summed E-state index contributed by atoms with van der Waals surface area (Å²) < 4.78 is 4.66. The molecule has 1 aliphatic rings. The van der Waals surface area contributed by atoms with Crippen LogP contribution in [0.4, 0.5) is 0 Å². The molecular weight excluding hydrogens is 156 g/mol. The Morgan fingerprint density at radius 3 is 2.83 bits per heavy atom. The highest BCUT2D eigenvalue weighted by Crippen LogP contribution is 2.19. The largest absolute Gasteiger partial charge is 0.362 e. The summed E-state index contributed by atoms with van der Waals surface area (Å²) in [4.78, 5) is 13.3. The molecular formula is C8H12N2O2. The quantitative estimate of drug-likeness (QED) is 0.671. The van der Waals surface area contributed by atoms with E-state index in [1.807, 2.05) is 0 Å². The van der Waals surface area contributed by atoms with E-state index in [4.69, 9.17) is 0 Å². The van der Waals surface area contributed by atoms with Crippen LogP contribution in [-0.2, 0) is 13.1 Å². The highest BCUT2D eigenvalue weighted by molar-refractivity contribution is 5.19. The number of aromatic nitrogens is 1. The fourth-order valence-electron chi connectivity index (χ4n) is 1.47. The molecule has 12 heavy (non-hydrogen) atoms. The van der Waals surface area contributed by atoms with Crippen molar-refractivity contribution in [3.63, 3.8) is 0 Å². The number of hydrogen-bond acceptors (Lipinski definition) is 3. The predicted molar refractivity (Wildman–Crippen MR) is 43.7 cm³/mol. The third-order valence-electron chi connectivity index (χ3n) is 2.33. The van der Waals surface area contributed by atoms with Crippen LogP contribution in [0.25, 0.3) is 0 Å². The zero-order valence-electron chi connectivity index (χ0n) is 7.26. The van der Waals surface area contributed by atoms with Gasteiger partial charge in [-0.2, -0.15) is 0 Å². The molecule has 2 heterocycles. The lowest BCUT2D eigenvalue weighted by molar-refractivity contribution is 0.214. The van der Waals surface area contributed by atoms with Gasteiger partial charge in [0.1, 0.15) is 0 Å². The normalized spacial score (nSPS) is 17.2. The minimum absolute atomic E-state index is 0.215. The fourth-order valence-corrected chi connectivity index (χ4v) is 1.47. The van der Waals surface area contributed by atoms with Crippen molar-refractivity contribution in [1.29, 1.82) is 0 Å². The number of nitrogens with zero attached hydrogens (tertiary/aromatic N) is 1. The molecule has 0 radical (unpaired) electrons. The maximum atomic E-state index is 11.1. The maximum Gasteiger partial charge on any atom is 0.362 e. The lowest BCUT2D eigenvalue weighted by atomic mass is 10.3. The van der Waals surface area contributed by atoms with E-state index >= 15 is 0 Å². The number of nitrogens with one attached hydrogen (secondary N) is 1. The van der Waals surface area contributed by atoms with Crippen molar-refractivity contribution in [2.24, 2.45) is 0 Å². The third kappa shape index (κ3) is 0.992. The molecule has 1 aliphatic heterocycles. The minimum Gasteiger partial charge on any atom is -0.338 e. The minimum atomic E-state index is -0.215. The summed E-state index contributed by atoms with van der Waals surface area (Å²) in [7, 11) is 0. The average Bonchev–Trinajstić information content (AvgIpc) is 2.53. The van der Waals surface area contributed by atoms with Gasteiger partial charge in [0, 0.05) is 19.1 Å². The van der Waals surface area contributed by atoms with Gasteiger partial charge in [-0.3, -0.25) is 4.90 Å². The zero-order valence-corrected chi connectivity index (χ0v) is 7.26. The molecule has 2 rings (SSSR count). The van der Waals surface area contributed by atoms with Gasteiger partial charge in [-0.25, -0.2) is 9.95 Å². The molecule has 0 saturated carbocycles. The summed E-state index contributed by atoms with van der Waals surface area (Å²) in [5.74, 6) is 0. The lowest BCUT2D eigenvalue weighted by Gasteiger charge is -2.18. The van der Waals surface area contributed by atoms with Gasteiger partial charge in [0.05, 0.1) is 11.3 Å². The Morgan fingerprint density at radius 2 is 2.25 bits per heavy atom. The van der Waals surface area contributed by atoms with Crippen LogP contribution in [0.15, 0.2) is 9.32 Å². The molecule has 0 aliphatic carbocycles. The molecule has 0 aromatic carbocycles. The summed E-state index contributed by atoms with van der Waals surface area (Å²) in [5.41, 5.74) is 1.52. The molecule has 4 heteroatoms. The molecule has 1 aromatic heterocycles. The molecule has 0 spiro atoms. The van der Waals surface area contributed by atoms with Crippen molar-refractivity contribution in [1.82, 2.24) is 10.1 Å². The van der Waals surface area contributed by atoms with Gasteiger partial charge in [-0.1, -0.05) is 0 Å². The SMILES string of the molecule is CC(C)N1Cc2[nH]oc(=O)c2C1. The number of H-pyrrole nitrogens is 1. The van der Waals surface area contributed by atoms with Gasteiger partial charge < -0.3 is 4.52 Å². The number of rotatable bonds is 1. The van der Waals surface area contributed by atoms with Crippen molar-refractivity contribution in [3.8, 4) is 0 Å². The topological polar surface area (TPSA) is 49.2 Å². The first kappa shape index (κ1) is 7.61. The van der Waals surface area contributed by atoms with E-state index in [-0.39, 0.29) is 5.63 Å². The van der Waals surface area contributed by atoms with Crippen molar-refractivity contribution >= 4 is 0 Å². The number of fused-ring (bicyclic) bond motifs is 1. The average molecular weight is 168 g/mol. The number of aromatic amines is 1. The van der Waals surface area contributed by atoms with E-state index in [1.54, 1.807) is 0 Å². The van der Waals surface area contributed by atoms with Crippen LogP contribution in [-0.4, -0.2) is 16.1 Å². The van der Waals surface area contributed by atoms with Crippen LogP contribution in [0.1, 0.15) is 25.1 Å². The van der Waals surface area contributed by atoms with Crippen LogP contribution < -0.4 is 5.63 Å². The molecule has 0 amide bonds. The third-order valence-corrected chi connectivity index (χ3v) is 2.33. The highest BCUT2D eigenvalue weighted by Gasteiger charge is 2.25. The van der Waals surface area contributed by atoms with Gasteiger partial charge in [0.2, 0.25) is 0 Å². The van der Waals surface area contributed by atoms with E-state index in [2.05, 4.69) is 28.4 Å². The zero-order chi connectivity index (χ0) is 8.72. The first-order valence-electron chi connectivity index (χ1n) is 4.11. The summed E-state index contributed by atoms with van der Waals surface area (Å²) >= 11 is 0. The Kier molecular flexibility index (Phi) is 1.58. The van der Waals surface area contributed by atoms with Crippen LogP contribution in [0.2, 0.25) is 0 Å². The Hall–Kier alpha value is -1.03. The second kappa shape index (κ2) is 2.48. The van der Waals surface area contributed by atoms with Crippen molar-refractivity contribution in [3.05, 3.63) is 21.7 Å². The van der Waals surface area contributed by atoms with Gasteiger partial charge >= 0.3 is 5.63 Å². The van der Waals surface area contributed by atoms with Crippen molar-refractivity contribution in [2.75, 3.05) is 0 Å². The van der Waals surface area contributed by atoms with Crippen LogP contribution >= 0.6 is 0 Å². The number of hydrogen-bond donors (Lipinski definition) is 1. The first-order valence-corrected chi connectivity index (χ1v) is 4.11. The van der Waals surface area contributed by atoms with Crippen molar-refractivity contribution in [2.45, 2.75) is 33.0 Å². The molecule has 1 aromatic rings. The summed E-state index contributed by atoms with van der Waals surface area (Å²) in [6, 6.07) is 0.477. The molecule has 66 valence electrons. The smallest absolute Gasteiger partial charge is 0.338 e. The summed E-state index contributed by atoms with van der Waals surface area (Å²) in [5, 5.41) is 2.64. The molecule has 0 atom stereocenters. The first-order chi connectivity index (χ1) is 5.68. The van der Waals surface area contributed by atoms with E-state index in [1.165, 1.54) is 0 Å². The van der Waals surface area contributed by atoms with Crippen LogP contribution in [0.3, 0.4) is 0 Å². The molecule has 4 nitrogen and oxygen atoms in total. The van der Waals surface area contributed by atoms with Gasteiger partial charge in [0.25, 0.3) is 0 Å². The van der Waals surface area contributed by atoms with Gasteiger partial charge in [-0.05, 0) is 13.8 Å². The standard InChI is InChI=1S/C8H12N2O2/c1-5(2)10-3-6-7(4-10)9-12-8(6)11/h5,9H,3-4H2,1-2H3. The molecule has 0 fully saturated rings. The Balaban J connectivity index is 2.28. The lowest BCUT2D eigenvalue weighted by Crippen LogP contribution is -2.25. The fraction of sp³-hybridized carbons (Fsp3) is 0.625. The molecule has 0 unspecified atom stereocenters.